The zero-order valence-corrected chi connectivity index (χ0v) is 10.7. The van der Waals surface area contributed by atoms with Crippen LogP contribution in [-0.2, 0) is 0 Å². The van der Waals surface area contributed by atoms with Gasteiger partial charge in [0.25, 0.3) is 5.91 Å². The Balaban J connectivity index is 2.14. The van der Waals surface area contributed by atoms with E-state index >= 15 is 0 Å². The normalized spacial score (nSPS) is 10.0. The number of nitrogens with one attached hydrogen (secondary N) is 1. The van der Waals surface area contributed by atoms with E-state index in [1.54, 1.807) is 12.1 Å². The molecule has 2 heterocycles. The average molecular weight is 314 g/mol. The number of halogens is 2. The van der Waals surface area contributed by atoms with Gasteiger partial charge >= 0.3 is 0 Å². The number of hydrogen-bond donors (Lipinski definition) is 1. The number of rotatable bonds is 2. The van der Waals surface area contributed by atoms with Gasteiger partial charge in [-0.1, -0.05) is 11.6 Å². The van der Waals surface area contributed by atoms with Crippen molar-refractivity contribution in [1.29, 1.82) is 0 Å². The highest BCUT2D eigenvalue weighted by molar-refractivity contribution is 9.10. The summed E-state index contributed by atoms with van der Waals surface area (Å²) >= 11 is 8.86. The number of nitrogens with zero attached hydrogens (tertiary/aromatic N) is 3. The number of amides is 1. The standard InChI is InChI=1S/C10H6BrClN4O/c11-7-2-1-6(4-13-7)10(17)16-9-3-8(12)14-5-15-9/h1-5H,(H,14,15,16,17). The minimum Gasteiger partial charge on any atom is -0.306 e. The van der Waals surface area contributed by atoms with E-state index in [2.05, 4.69) is 36.2 Å². The largest absolute Gasteiger partial charge is 0.306 e. The second kappa shape index (κ2) is 5.20. The Morgan fingerprint density at radius 3 is 2.76 bits per heavy atom. The van der Waals surface area contributed by atoms with Crippen LogP contribution in [0.5, 0.6) is 0 Å². The van der Waals surface area contributed by atoms with Gasteiger partial charge in [-0.25, -0.2) is 15.0 Å². The number of carbonyl (C=O) groups is 1. The summed E-state index contributed by atoms with van der Waals surface area (Å²) < 4.78 is 0.666. The van der Waals surface area contributed by atoms with Crippen molar-refractivity contribution in [2.75, 3.05) is 5.32 Å². The number of hydrogen-bond acceptors (Lipinski definition) is 4. The third-order valence-electron chi connectivity index (χ3n) is 1.86. The van der Waals surface area contributed by atoms with Crippen molar-refractivity contribution in [1.82, 2.24) is 15.0 Å². The lowest BCUT2D eigenvalue weighted by Crippen LogP contribution is -2.13. The van der Waals surface area contributed by atoms with Crippen molar-refractivity contribution in [3.05, 3.63) is 46.0 Å². The summed E-state index contributed by atoms with van der Waals surface area (Å²) in [5, 5.41) is 2.86. The first-order valence-electron chi connectivity index (χ1n) is 4.55. The molecule has 0 saturated carbocycles. The highest BCUT2D eigenvalue weighted by Crippen LogP contribution is 2.11. The summed E-state index contributed by atoms with van der Waals surface area (Å²) in [6.45, 7) is 0. The Kier molecular flexibility index (Phi) is 3.65. The fourth-order valence-corrected chi connectivity index (χ4v) is 1.48. The minimum absolute atomic E-state index is 0.268. The summed E-state index contributed by atoms with van der Waals surface area (Å²) in [5.74, 6) is 0.0395. The molecule has 7 heteroatoms. The third-order valence-corrected chi connectivity index (χ3v) is 2.54. The highest BCUT2D eigenvalue weighted by atomic mass is 79.9. The van der Waals surface area contributed by atoms with Crippen LogP contribution in [-0.4, -0.2) is 20.9 Å². The highest BCUT2D eigenvalue weighted by Gasteiger charge is 2.07. The van der Waals surface area contributed by atoms with Gasteiger partial charge in [-0.2, -0.15) is 0 Å². The van der Waals surface area contributed by atoms with Crippen LogP contribution in [0.3, 0.4) is 0 Å². The van der Waals surface area contributed by atoms with E-state index in [-0.39, 0.29) is 11.1 Å². The molecule has 5 nitrogen and oxygen atoms in total. The molecule has 1 amide bonds. The van der Waals surface area contributed by atoms with E-state index in [0.29, 0.717) is 16.0 Å². The summed E-state index contributed by atoms with van der Waals surface area (Å²) in [6, 6.07) is 4.79. The molecule has 0 aliphatic heterocycles. The SMILES string of the molecule is O=C(Nc1cc(Cl)ncn1)c1ccc(Br)nc1. The van der Waals surface area contributed by atoms with Gasteiger partial charge in [0.2, 0.25) is 0 Å². The zero-order valence-electron chi connectivity index (χ0n) is 8.39. The maximum Gasteiger partial charge on any atom is 0.258 e. The van der Waals surface area contributed by atoms with Crippen LogP contribution in [0.1, 0.15) is 10.4 Å². The average Bonchev–Trinajstić information content (AvgIpc) is 2.29. The van der Waals surface area contributed by atoms with Crippen molar-refractivity contribution >= 4 is 39.3 Å². The molecule has 0 saturated heterocycles. The van der Waals surface area contributed by atoms with Gasteiger partial charge in [-0.05, 0) is 28.1 Å². The van der Waals surface area contributed by atoms with E-state index in [0.717, 1.165) is 0 Å². The Morgan fingerprint density at radius 2 is 2.12 bits per heavy atom. The fourth-order valence-electron chi connectivity index (χ4n) is 1.10. The summed E-state index contributed by atoms with van der Waals surface area (Å²) in [6.07, 6.45) is 2.74. The lowest BCUT2D eigenvalue weighted by molar-refractivity contribution is 0.102. The molecular weight excluding hydrogens is 307 g/mol. The Labute approximate surface area is 110 Å². The van der Waals surface area contributed by atoms with Crippen molar-refractivity contribution in [2.45, 2.75) is 0 Å². The molecule has 0 spiro atoms. The van der Waals surface area contributed by atoms with E-state index in [1.807, 2.05) is 0 Å². The Hall–Kier alpha value is -1.53. The molecular formula is C10H6BrClN4O. The number of pyridine rings is 1. The molecule has 2 aromatic heterocycles. The molecule has 0 atom stereocenters. The van der Waals surface area contributed by atoms with E-state index in [4.69, 9.17) is 11.6 Å². The molecule has 1 N–H and O–H groups in total. The molecule has 0 aliphatic rings. The molecule has 0 radical (unpaired) electrons. The first kappa shape index (κ1) is 11.9. The second-order valence-corrected chi connectivity index (χ2v) is 4.25. The van der Waals surface area contributed by atoms with E-state index in [9.17, 15) is 4.79 Å². The maximum absolute atomic E-state index is 11.8. The lowest BCUT2D eigenvalue weighted by atomic mass is 10.3. The zero-order chi connectivity index (χ0) is 12.3. The van der Waals surface area contributed by atoms with Crippen molar-refractivity contribution in [2.24, 2.45) is 0 Å². The van der Waals surface area contributed by atoms with Gasteiger partial charge < -0.3 is 5.32 Å². The number of carbonyl (C=O) groups excluding carboxylic acids is 1. The van der Waals surface area contributed by atoms with E-state index in [1.165, 1.54) is 18.6 Å². The van der Waals surface area contributed by atoms with Crippen LogP contribution < -0.4 is 5.32 Å². The van der Waals surface area contributed by atoms with Crippen LogP contribution in [0.15, 0.2) is 35.3 Å². The number of aromatic nitrogens is 3. The minimum atomic E-state index is -0.306. The number of anilines is 1. The van der Waals surface area contributed by atoms with Crippen molar-refractivity contribution in [3.63, 3.8) is 0 Å². The summed E-state index contributed by atoms with van der Waals surface area (Å²) in [4.78, 5) is 23.3. The Bertz CT molecular complexity index is 546. The van der Waals surface area contributed by atoms with Crippen molar-refractivity contribution in [3.8, 4) is 0 Å². The lowest BCUT2D eigenvalue weighted by Gasteiger charge is -2.03. The summed E-state index contributed by atoms with van der Waals surface area (Å²) in [5.41, 5.74) is 0.433. The van der Waals surface area contributed by atoms with Crippen molar-refractivity contribution < 1.29 is 4.79 Å². The topological polar surface area (TPSA) is 67.8 Å². The summed E-state index contributed by atoms with van der Waals surface area (Å²) in [7, 11) is 0. The fraction of sp³-hybridized carbons (Fsp3) is 0. The van der Waals surface area contributed by atoms with Crippen LogP contribution in [0.25, 0.3) is 0 Å². The predicted molar refractivity (Wildman–Crippen MR) is 66.9 cm³/mol. The molecule has 0 aromatic carbocycles. The van der Waals surface area contributed by atoms with Crippen LogP contribution in [0.2, 0.25) is 5.15 Å². The van der Waals surface area contributed by atoms with Gasteiger partial charge in [0.15, 0.2) is 0 Å². The van der Waals surface area contributed by atoms with Crippen LogP contribution >= 0.6 is 27.5 Å². The van der Waals surface area contributed by atoms with Gasteiger partial charge in [-0.3, -0.25) is 4.79 Å². The molecule has 2 rings (SSSR count). The molecule has 0 aliphatic carbocycles. The van der Waals surface area contributed by atoms with Gasteiger partial charge in [0.05, 0.1) is 5.56 Å². The molecule has 0 fully saturated rings. The first-order valence-corrected chi connectivity index (χ1v) is 5.73. The first-order chi connectivity index (χ1) is 8.15. The third kappa shape index (κ3) is 3.21. The molecule has 17 heavy (non-hydrogen) atoms. The maximum atomic E-state index is 11.8. The quantitative estimate of drug-likeness (QED) is 0.683. The van der Waals surface area contributed by atoms with Crippen LogP contribution in [0, 0.1) is 0 Å². The Morgan fingerprint density at radius 1 is 1.29 bits per heavy atom. The van der Waals surface area contributed by atoms with Crippen LogP contribution in [0.4, 0.5) is 5.82 Å². The predicted octanol–water partition coefficient (Wildman–Crippen LogP) is 2.54. The smallest absolute Gasteiger partial charge is 0.258 e. The molecule has 0 unspecified atom stereocenters. The molecule has 86 valence electrons. The van der Waals surface area contributed by atoms with Gasteiger partial charge in [0, 0.05) is 12.3 Å². The molecule has 0 bridgehead atoms. The van der Waals surface area contributed by atoms with Gasteiger partial charge in [-0.15, -0.1) is 0 Å². The molecule has 2 aromatic rings. The van der Waals surface area contributed by atoms with Gasteiger partial charge in [0.1, 0.15) is 21.9 Å². The monoisotopic (exact) mass is 312 g/mol. The van der Waals surface area contributed by atoms with E-state index < -0.39 is 0 Å². The second-order valence-electron chi connectivity index (χ2n) is 3.05.